The van der Waals surface area contributed by atoms with Gasteiger partial charge >= 0.3 is 6.18 Å². The van der Waals surface area contributed by atoms with Crippen molar-refractivity contribution >= 4 is 0 Å². The van der Waals surface area contributed by atoms with Crippen LogP contribution in [-0.4, -0.2) is 23.2 Å². The first-order chi connectivity index (χ1) is 8.29. The van der Waals surface area contributed by atoms with Crippen LogP contribution in [0.5, 0.6) is 0 Å². The summed E-state index contributed by atoms with van der Waals surface area (Å²) in [4.78, 5) is 3.67. The van der Waals surface area contributed by atoms with E-state index in [2.05, 4.69) is 10.3 Å². The summed E-state index contributed by atoms with van der Waals surface area (Å²) in [6.07, 6.45) is -2.14. The lowest BCUT2D eigenvalue weighted by Gasteiger charge is -2.26. The van der Waals surface area contributed by atoms with Gasteiger partial charge in [0.2, 0.25) is 0 Å². The Morgan fingerprint density at radius 3 is 2.56 bits per heavy atom. The first-order valence-corrected chi connectivity index (χ1v) is 5.74. The minimum Gasteiger partial charge on any atom is -0.385 e. The molecule has 1 rings (SSSR count). The van der Waals surface area contributed by atoms with Gasteiger partial charge in [-0.15, -0.1) is 0 Å². The van der Waals surface area contributed by atoms with E-state index in [1.54, 1.807) is 0 Å². The molecule has 0 amide bonds. The van der Waals surface area contributed by atoms with E-state index in [0.29, 0.717) is 13.1 Å². The number of rotatable bonds is 5. The molecule has 1 unspecified atom stereocenters. The Hall–Kier alpha value is -1.14. The average molecular weight is 262 g/mol. The summed E-state index contributed by atoms with van der Waals surface area (Å²) >= 11 is 0. The molecule has 1 aromatic heterocycles. The molecule has 0 fully saturated rings. The van der Waals surface area contributed by atoms with Gasteiger partial charge in [0.05, 0.1) is 11.2 Å². The van der Waals surface area contributed by atoms with Crippen LogP contribution >= 0.6 is 0 Å². The Bertz CT molecular complexity index is 391. The van der Waals surface area contributed by atoms with Crippen molar-refractivity contribution in [2.45, 2.75) is 32.0 Å². The topological polar surface area (TPSA) is 45.1 Å². The van der Waals surface area contributed by atoms with Crippen molar-refractivity contribution in [3.63, 3.8) is 0 Å². The minimum atomic E-state index is -4.49. The fraction of sp³-hybridized carbons (Fsp3) is 0.583. The lowest BCUT2D eigenvalue weighted by molar-refractivity contribution is -0.140. The highest BCUT2D eigenvalue weighted by atomic mass is 19.4. The van der Waals surface area contributed by atoms with Crippen molar-refractivity contribution in [3.8, 4) is 0 Å². The maximum atomic E-state index is 12.8. The highest BCUT2D eigenvalue weighted by Gasteiger charge is 2.38. The van der Waals surface area contributed by atoms with E-state index in [0.717, 1.165) is 18.5 Å². The van der Waals surface area contributed by atoms with Crippen LogP contribution in [0.25, 0.3) is 0 Å². The van der Waals surface area contributed by atoms with Gasteiger partial charge in [-0.3, -0.25) is 4.98 Å². The van der Waals surface area contributed by atoms with Crippen molar-refractivity contribution in [1.82, 2.24) is 10.3 Å². The van der Waals surface area contributed by atoms with Gasteiger partial charge in [-0.1, -0.05) is 6.92 Å². The molecule has 1 heterocycles. The Kier molecular flexibility index (Phi) is 4.70. The number of hydrogen-bond acceptors (Lipinski definition) is 3. The number of aromatic nitrogens is 1. The third-order valence-electron chi connectivity index (χ3n) is 2.75. The van der Waals surface area contributed by atoms with Gasteiger partial charge < -0.3 is 10.4 Å². The van der Waals surface area contributed by atoms with Crippen LogP contribution in [0.1, 0.15) is 31.4 Å². The lowest BCUT2D eigenvalue weighted by atomic mass is 9.90. The molecule has 0 bridgehead atoms. The van der Waals surface area contributed by atoms with Crippen LogP contribution in [0.2, 0.25) is 0 Å². The second-order valence-electron chi connectivity index (χ2n) is 4.30. The third kappa shape index (κ3) is 3.68. The predicted molar refractivity (Wildman–Crippen MR) is 62.0 cm³/mol. The predicted octanol–water partition coefficient (Wildman–Crippen LogP) is 2.31. The second kappa shape index (κ2) is 5.67. The molecule has 3 nitrogen and oxygen atoms in total. The number of alkyl halides is 3. The Labute approximate surface area is 104 Å². The van der Waals surface area contributed by atoms with E-state index >= 15 is 0 Å². The molecular formula is C12H17F3N2O. The van der Waals surface area contributed by atoms with Crippen molar-refractivity contribution in [3.05, 3.63) is 29.6 Å². The maximum absolute atomic E-state index is 12.8. The Morgan fingerprint density at radius 1 is 1.33 bits per heavy atom. The minimum absolute atomic E-state index is 0.185. The third-order valence-corrected chi connectivity index (χ3v) is 2.75. The van der Waals surface area contributed by atoms with Gasteiger partial charge in [0.25, 0.3) is 0 Å². The smallest absolute Gasteiger partial charge is 0.385 e. The molecule has 0 aromatic carbocycles. The number of hydrogen-bond donors (Lipinski definition) is 2. The van der Waals surface area contributed by atoms with Gasteiger partial charge in [0, 0.05) is 18.0 Å². The van der Waals surface area contributed by atoms with Crippen molar-refractivity contribution < 1.29 is 18.3 Å². The van der Waals surface area contributed by atoms with Crippen molar-refractivity contribution in [1.29, 1.82) is 0 Å². The monoisotopic (exact) mass is 262 g/mol. The van der Waals surface area contributed by atoms with Crippen LogP contribution < -0.4 is 5.32 Å². The summed E-state index contributed by atoms with van der Waals surface area (Å²) in [5.74, 6) is 0. The first-order valence-electron chi connectivity index (χ1n) is 5.74. The summed E-state index contributed by atoms with van der Waals surface area (Å²) in [6.45, 7) is 4.40. The number of nitrogens with one attached hydrogen (secondary N) is 1. The number of aliphatic hydroxyl groups is 1. The Balaban J connectivity index is 3.00. The summed E-state index contributed by atoms with van der Waals surface area (Å²) in [5, 5.41) is 13.1. The molecule has 0 aliphatic heterocycles. The van der Waals surface area contributed by atoms with Gasteiger partial charge in [-0.25, -0.2) is 0 Å². The normalized spacial score (nSPS) is 15.4. The molecule has 0 spiro atoms. The molecular weight excluding hydrogens is 245 g/mol. The van der Waals surface area contributed by atoms with E-state index in [1.165, 1.54) is 6.92 Å². The average Bonchev–Trinajstić information content (AvgIpc) is 2.28. The van der Waals surface area contributed by atoms with E-state index in [9.17, 15) is 18.3 Å². The van der Waals surface area contributed by atoms with Crippen molar-refractivity contribution in [2.75, 3.05) is 13.1 Å². The molecule has 6 heteroatoms. The molecule has 0 aliphatic carbocycles. The second-order valence-corrected chi connectivity index (χ2v) is 4.30. The van der Waals surface area contributed by atoms with Crippen molar-refractivity contribution in [2.24, 2.45) is 0 Å². The van der Waals surface area contributed by atoms with Crippen LogP contribution in [0, 0.1) is 0 Å². The van der Waals surface area contributed by atoms with Crippen LogP contribution in [-0.2, 0) is 11.8 Å². The van der Waals surface area contributed by atoms with Crippen LogP contribution in [0.4, 0.5) is 13.2 Å². The van der Waals surface area contributed by atoms with E-state index in [4.69, 9.17) is 0 Å². The number of nitrogens with zero attached hydrogens (tertiary/aromatic N) is 1. The van der Waals surface area contributed by atoms with Gasteiger partial charge in [-0.05, 0) is 32.5 Å². The number of halogens is 3. The molecule has 18 heavy (non-hydrogen) atoms. The molecule has 0 saturated heterocycles. The number of pyridine rings is 1. The quantitative estimate of drug-likeness (QED) is 0.800. The van der Waals surface area contributed by atoms with Gasteiger partial charge in [0.1, 0.15) is 0 Å². The van der Waals surface area contributed by atoms with Gasteiger partial charge in [-0.2, -0.15) is 13.2 Å². The largest absolute Gasteiger partial charge is 0.416 e. The zero-order valence-corrected chi connectivity index (χ0v) is 10.4. The fourth-order valence-corrected chi connectivity index (χ4v) is 1.71. The van der Waals surface area contributed by atoms with E-state index in [-0.39, 0.29) is 12.0 Å². The SMILES string of the molecule is CCNCCC(C)(O)c1cnccc1C(F)(F)F. The lowest BCUT2D eigenvalue weighted by Crippen LogP contribution is -2.30. The zero-order valence-electron chi connectivity index (χ0n) is 10.4. The molecule has 0 radical (unpaired) electrons. The summed E-state index contributed by atoms with van der Waals surface area (Å²) in [5.41, 5.74) is -2.57. The van der Waals surface area contributed by atoms with Gasteiger partial charge in [0.15, 0.2) is 0 Å². The highest BCUT2D eigenvalue weighted by Crippen LogP contribution is 2.37. The standard InChI is InChI=1S/C12H17F3N2O/c1-3-16-7-5-11(2,18)10-8-17-6-4-9(10)12(13,14)15/h4,6,8,16,18H,3,5,7H2,1-2H3. The molecule has 0 saturated carbocycles. The highest BCUT2D eigenvalue weighted by molar-refractivity contribution is 5.31. The fourth-order valence-electron chi connectivity index (χ4n) is 1.71. The first kappa shape index (κ1) is 14.9. The maximum Gasteiger partial charge on any atom is 0.416 e. The molecule has 102 valence electrons. The molecule has 1 aromatic rings. The van der Waals surface area contributed by atoms with E-state index < -0.39 is 17.3 Å². The molecule has 1 atom stereocenters. The molecule has 0 aliphatic rings. The zero-order chi connectivity index (χ0) is 13.8. The van der Waals surface area contributed by atoms with Crippen LogP contribution in [0.15, 0.2) is 18.5 Å². The summed E-state index contributed by atoms with van der Waals surface area (Å²) in [7, 11) is 0. The molecule has 2 N–H and O–H groups in total. The summed E-state index contributed by atoms with van der Waals surface area (Å²) < 4.78 is 38.4. The Morgan fingerprint density at radius 2 is 2.00 bits per heavy atom. The van der Waals surface area contributed by atoms with E-state index in [1.807, 2.05) is 6.92 Å². The van der Waals surface area contributed by atoms with Crippen LogP contribution in [0.3, 0.4) is 0 Å². The summed E-state index contributed by atoms with van der Waals surface area (Å²) in [6, 6.07) is 0.886.